The molecule has 0 spiro atoms. The highest BCUT2D eigenvalue weighted by molar-refractivity contribution is 5.93. The van der Waals surface area contributed by atoms with Crippen molar-refractivity contribution in [2.75, 3.05) is 5.43 Å². The summed E-state index contributed by atoms with van der Waals surface area (Å²) in [4.78, 5) is 0. The molecule has 2 aromatic carbocycles. The highest BCUT2D eigenvalue weighted by atomic mass is 15.5. The van der Waals surface area contributed by atoms with E-state index in [2.05, 4.69) is 52.9 Å². The number of hydrazine groups is 1. The summed E-state index contributed by atoms with van der Waals surface area (Å²) < 4.78 is 0. The number of nitrogens with zero attached hydrogens (tertiary/aromatic N) is 1. The summed E-state index contributed by atoms with van der Waals surface area (Å²) in [6, 6.07) is 16.8. The molecule has 2 aliphatic carbocycles. The van der Waals surface area contributed by atoms with Gasteiger partial charge in [-0.25, -0.2) is 5.01 Å². The van der Waals surface area contributed by atoms with Crippen molar-refractivity contribution in [1.82, 2.24) is 5.01 Å². The van der Waals surface area contributed by atoms with E-state index in [1.165, 1.54) is 80.7 Å². The summed E-state index contributed by atoms with van der Waals surface area (Å²) >= 11 is 0. The van der Waals surface area contributed by atoms with Crippen LogP contribution in [0.3, 0.4) is 0 Å². The average Bonchev–Trinajstić information content (AvgIpc) is 2.67. The second-order valence-corrected chi connectivity index (χ2v) is 7.63. The van der Waals surface area contributed by atoms with Crippen molar-refractivity contribution in [2.24, 2.45) is 0 Å². The maximum atomic E-state index is 3.89. The summed E-state index contributed by atoms with van der Waals surface area (Å²) in [7, 11) is 0. The average molecular weight is 322 g/mol. The first-order valence-corrected chi connectivity index (χ1v) is 9.94. The van der Waals surface area contributed by atoms with Gasteiger partial charge in [0.25, 0.3) is 0 Å². The quantitative estimate of drug-likeness (QED) is 0.681. The van der Waals surface area contributed by atoms with E-state index in [0.717, 1.165) is 0 Å². The number of hydrogen-bond donors (Lipinski definition) is 1. The van der Waals surface area contributed by atoms with E-state index in [1.54, 1.807) is 0 Å². The molecule has 1 N–H and O–H groups in total. The molecule has 2 saturated carbocycles. The highest BCUT2D eigenvalue weighted by Gasteiger charge is 2.29. The van der Waals surface area contributed by atoms with E-state index in [9.17, 15) is 0 Å². The maximum Gasteiger partial charge on any atom is 0.0568 e. The van der Waals surface area contributed by atoms with E-state index in [0.29, 0.717) is 12.1 Å². The van der Waals surface area contributed by atoms with Crippen LogP contribution in [0.2, 0.25) is 0 Å². The van der Waals surface area contributed by atoms with E-state index >= 15 is 0 Å². The molecule has 0 atom stereocenters. The Morgan fingerprint density at radius 3 is 1.92 bits per heavy atom. The van der Waals surface area contributed by atoms with Crippen LogP contribution in [-0.4, -0.2) is 17.1 Å². The summed E-state index contributed by atoms with van der Waals surface area (Å²) in [5.41, 5.74) is 5.18. The lowest BCUT2D eigenvalue weighted by Gasteiger charge is -2.42. The van der Waals surface area contributed by atoms with Gasteiger partial charge in [0.15, 0.2) is 0 Å². The molecule has 2 nitrogen and oxygen atoms in total. The van der Waals surface area contributed by atoms with Gasteiger partial charge in [-0.3, -0.25) is 0 Å². The Labute approximate surface area is 146 Å². The number of anilines is 1. The lowest BCUT2D eigenvalue weighted by atomic mass is 9.90. The third-order valence-corrected chi connectivity index (χ3v) is 5.98. The van der Waals surface area contributed by atoms with Crippen molar-refractivity contribution in [3.63, 3.8) is 0 Å². The minimum Gasteiger partial charge on any atom is -0.318 e. The molecule has 128 valence electrons. The standard InChI is InChI=1S/C22H30N2/c1-3-12-19(13-4-1)24(20-14-5-2-6-15-20)23-22-17-9-11-18-10-7-8-16-21(18)22/h7-11,16-17,19-20,23H,1-6,12-15H2. The van der Waals surface area contributed by atoms with Crippen molar-refractivity contribution in [3.8, 4) is 0 Å². The monoisotopic (exact) mass is 322 g/mol. The number of fused-ring (bicyclic) bond motifs is 1. The molecule has 0 bridgehead atoms. The van der Waals surface area contributed by atoms with Crippen molar-refractivity contribution in [2.45, 2.75) is 76.3 Å². The van der Waals surface area contributed by atoms with Crippen LogP contribution in [0.15, 0.2) is 42.5 Å². The van der Waals surface area contributed by atoms with Crippen molar-refractivity contribution in [1.29, 1.82) is 0 Å². The Balaban J connectivity index is 1.62. The van der Waals surface area contributed by atoms with Gasteiger partial charge in [0.2, 0.25) is 0 Å². The Bertz CT molecular complexity index is 631. The molecule has 0 unspecified atom stereocenters. The second kappa shape index (κ2) is 7.57. The van der Waals surface area contributed by atoms with Crippen molar-refractivity contribution < 1.29 is 0 Å². The van der Waals surface area contributed by atoms with Crippen LogP contribution in [0.5, 0.6) is 0 Å². The SMILES string of the molecule is c1ccc2c(NN(C3CCCCC3)C3CCCCC3)cccc2c1. The molecule has 2 aliphatic rings. The smallest absolute Gasteiger partial charge is 0.0568 e. The summed E-state index contributed by atoms with van der Waals surface area (Å²) in [6.45, 7) is 0. The molecule has 4 rings (SSSR count). The molecular weight excluding hydrogens is 292 g/mol. The Morgan fingerprint density at radius 1 is 0.667 bits per heavy atom. The molecule has 0 saturated heterocycles. The van der Waals surface area contributed by atoms with Gasteiger partial charge in [-0.1, -0.05) is 74.9 Å². The third-order valence-electron chi connectivity index (χ3n) is 5.98. The zero-order chi connectivity index (χ0) is 16.2. The zero-order valence-electron chi connectivity index (χ0n) is 14.7. The van der Waals surface area contributed by atoms with Gasteiger partial charge in [-0.2, -0.15) is 0 Å². The summed E-state index contributed by atoms with van der Waals surface area (Å²) in [5, 5.41) is 5.34. The van der Waals surface area contributed by atoms with Crippen LogP contribution >= 0.6 is 0 Å². The lowest BCUT2D eigenvalue weighted by Crippen LogP contribution is -2.48. The molecule has 2 heteroatoms. The van der Waals surface area contributed by atoms with Crippen molar-refractivity contribution in [3.05, 3.63) is 42.5 Å². The molecular formula is C22H30N2. The van der Waals surface area contributed by atoms with Gasteiger partial charge >= 0.3 is 0 Å². The fraction of sp³-hybridized carbons (Fsp3) is 0.545. The van der Waals surface area contributed by atoms with Crippen LogP contribution in [0, 0.1) is 0 Å². The summed E-state index contributed by atoms with van der Waals surface area (Å²) in [6.07, 6.45) is 13.8. The first-order chi connectivity index (χ1) is 11.9. The third kappa shape index (κ3) is 3.44. The van der Waals surface area contributed by atoms with Gasteiger partial charge < -0.3 is 5.43 Å². The minimum atomic E-state index is 0.709. The van der Waals surface area contributed by atoms with Crippen LogP contribution in [0.25, 0.3) is 10.8 Å². The number of hydrogen-bond acceptors (Lipinski definition) is 2. The highest BCUT2D eigenvalue weighted by Crippen LogP contribution is 2.32. The van der Waals surface area contributed by atoms with Crippen LogP contribution in [0.1, 0.15) is 64.2 Å². The minimum absolute atomic E-state index is 0.709. The van der Waals surface area contributed by atoms with Crippen LogP contribution < -0.4 is 5.43 Å². The first-order valence-electron chi connectivity index (χ1n) is 9.94. The van der Waals surface area contributed by atoms with Crippen LogP contribution in [0.4, 0.5) is 5.69 Å². The van der Waals surface area contributed by atoms with E-state index in [4.69, 9.17) is 0 Å². The molecule has 0 aliphatic heterocycles. The Kier molecular flexibility index (Phi) is 5.03. The molecule has 2 aromatic rings. The van der Waals surface area contributed by atoms with Crippen LogP contribution in [-0.2, 0) is 0 Å². The van der Waals surface area contributed by atoms with Gasteiger partial charge in [0.1, 0.15) is 0 Å². The molecule has 24 heavy (non-hydrogen) atoms. The fourth-order valence-corrected chi connectivity index (χ4v) is 4.66. The second-order valence-electron chi connectivity index (χ2n) is 7.63. The predicted octanol–water partition coefficient (Wildman–Crippen LogP) is 6.13. The zero-order valence-corrected chi connectivity index (χ0v) is 14.7. The Hall–Kier alpha value is -1.54. The summed E-state index contributed by atoms with van der Waals surface area (Å²) in [5.74, 6) is 0. The Morgan fingerprint density at radius 2 is 1.25 bits per heavy atom. The molecule has 0 heterocycles. The molecule has 0 amide bonds. The lowest BCUT2D eigenvalue weighted by molar-refractivity contribution is 0.109. The van der Waals surface area contributed by atoms with E-state index < -0.39 is 0 Å². The van der Waals surface area contributed by atoms with Crippen molar-refractivity contribution >= 4 is 16.5 Å². The van der Waals surface area contributed by atoms with E-state index in [-0.39, 0.29) is 0 Å². The fourth-order valence-electron chi connectivity index (χ4n) is 4.66. The number of rotatable bonds is 4. The molecule has 2 fully saturated rings. The van der Waals surface area contributed by atoms with E-state index in [1.807, 2.05) is 0 Å². The first kappa shape index (κ1) is 16.0. The predicted molar refractivity (Wildman–Crippen MR) is 103 cm³/mol. The molecule has 0 radical (unpaired) electrons. The van der Waals surface area contributed by atoms with Gasteiger partial charge in [-0.15, -0.1) is 0 Å². The number of nitrogens with one attached hydrogen (secondary N) is 1. The topological polar surface area (TPSA) is 15.3 Å². The number of benzene rings is 2. The van der Waals surface area contributed by atoms with Gasteiger partial charge in [0, 0.05) is 17.5 Å². The van der Waals surface area contributed by atoms with Gasteiger partial charge in [-0.05, 0) is 37.1 Å². The van der Waals surface area contributed by atoms with Gasteiger partial charge in [0.05, 0.1) is 5.69 Å². The normalized spacial score (nSPS) is 20.5. The largest absolute Gasteiger partial charge is 0.318 e. The molecule has 0 aromatic heterocycles. The maximum absolute atomic E-state index is 3.89.